The molecular weight excluding hydrogens is 376 g/mol. The van der Waals surface area contributed by atoms with E-state index in [1.54, 1.807) is 6.07 Å². The molecule has 29 heavy (non-hydrogen) atoms. The number of amides is 1. The molecule has 0 fully saturated rings. The molecule has 0 radical (unpaired) electrons. The largest absolute Gasteiger partial charge is 0.507 e. The Morgan fingerprint density at radius 1 is 1.17 bits per heavy atom. The molecule has 2 aromatic carbocycles. The van der Waals surface area contributed by atoms with Crippen LogP contribution in [0.3, 0.4) is 0 Å². The number of hydrogen-bond donors (Lipinski definition) is 4. The van der Waals surface area contributed by atoms with Crippen molar-refractivity contribution in [1.82, 2.24) is 10.4 Å². The molecule has 0 spiro atoms. The van der Waals surface area contributed by atoms with E-state index in [1.807, 2.05) is 12.1 Å². The third-order valence-corrected chi connectivity index (χ3v) is 5.05. The van der Waals surface area contributed by atoms with Gasteiger partial charge in [-0.05, 0) is 49.4 Å². The van der Waals surface area contributed by atoms with Crippen LogP contribution in [0.15, 0.2) is 35.4 Å². The zero-order valence-corrected chi connectivity index (χ0v) is 15.3. The van der Waals surface area contributed by atoms with E-state index < -0.39 is 28.0 Å². The highest BCUT2D eigenvalue weighted by Gasteiger charge is 2.18. The molecule has 4 rings (SSSR count). The van der Waals surface area contributed by atoms with E-state index in [4.69, 9.17) is 0 Å². The summed E-state index contributed by atoms with van der Waals surface area (Å²) in [7, 11) is 0. The van der Waals surface area contributed by atoms with Crippen LogP contribution in [0.25, 0.3) is 10.9 Å². The SMILES string of the molecule is O=C(N/N=C/c1cc([N+](=O)[O-])c(O)cc1O)c1ccc2[nH]c3c(c2c1)CCCC3. The summed E-state index contributed by atoms with van der Waals surface area (Å²) < 4.78 is 0. The summed E-state index contributed by atoms with van der Waals surface area (Å²) in [5.74, 6) is -1.50. The molecule has 3 aromatic rings. The van der Waals surface area contributed by atoms with Gasteiger partial charge in [0.15, 0.2) is 5.75 Å². The number of rotatable bonds is 4. The summed E-state index contributed by atoms with van der Waals surface area (Å²) in [4.78, 5) is 26.0. The monoisotopic (exact) mass is 394 g/mol. The minimum atomic E-state index is -0.780. The fraction of sp³-hybridized carbons (Fsp3) is 0.200. The standard InChI is InChI=1S/C20H18N4O5/c25-18-9-19(26)17(24(28)29)8-12(18)10-21-23-20(27)11-5-6-16-14(7-11)13-3-1-2-4-15(13)22-16/h5-10,22,25-26H,1-4H2,(H,23,27)/b21-10+. The Hall–Kier alpha value is -3.88. The van der Waals surface area contributed by atoms with Crippen molar-refractivity contribution < 1.29 is 19.9 Å². The number of nitro benzene ring substituents is 1. The predicted octanol–water partition coefficient (Wildman–Crippen LogP) is 3.13. The van der Waals surface area contributed by atoms with Gasteiger partial charge in [0.1, 0.15) is 5.75 Å². The molecule has 0 aliphatic heterocycles. The fourth-order valence-electron chi connectivity index (χ4n) is 3.60. The van der Waals surface area contributed by atoms with Crippen LogP contribution in [-0.4, -0.2) is 32.2 Å². The number of nitro groups is 1. The summed E-state index contributed by atoms with van der Waals surface area (Å²) >= 11 is 0. The number of H-pyrrole nitrogens is 1. The van der Waals surface area contributed by atoms with Crippen LogP contribution < -0.4 is 5.43 Å². The fourth-order valence-corrected chi connectivity index (χ4v) is 3.60. The number of nitrogens with one attached hydrogen (secondary N) is 2. The zero-order chi connectivity index (χ0) is 20.5. The number of phenols is 2. The van der Waals surface area contributed by atoms with E-state index >= 15 is 0 Å². The van der Waals surface area contributed by atoms with Gasteiger partial charge in [-0.3, -0.25) is 14.9 Å². The number of carbonyl (C=O) groups is 1. The number of nitrogens with zero attached hydrogens (tertiary/aromatic N) is 2. The zero-order valence-electron chi connectivity index (χ0n) is 15.3. The molecule has 0 bridgehead atoms. The van der Waals surface area contributed by atoms with Gasteiger partial charge in [-0.15, -0.1) is 0 Å². The molecule has 0 saturated carbocycles. The van der Waals surface area contributed by atoms with Crippen LogP contribution in [0.2, 0.25) is 0 Å². The first-order valence-electron chi connectivity index (χ1n) is 9.11. The maximum absolute atomic E-state index is 12.4. The summed E-state index contributed by atoms with van der Waals surface area (Å²) in [5.41, 5.74) is 5.69. The minimum absolute atomic E-state index is 0.00930. The third kappa shape index (κ3) is 3.49. The number of hydrazone groups is 1. The Balaban J connectivity index is 1.54. The van der Waals surface area contributed by atoms with E-state index in [1.165, 1.54) is 11.3 Å². The number of carbonyl (C=O) groups excluding carboxylic acids is 1. The maximum atomic E-state index is 12.4. The summed E-state index contributed by atoms with van der Waals surface area (Å²) in [6.07, 6.45) is 5.36. The molecule has 1 aliphatic rings. The minimum Gasteiger partial charge on any atom is -0.507 e. The van der Waals surface area contributed by atoms with Gasteiger partial charge in [0.05, 0.1) is 11.1 Å². The number of hydrogen-bond acceptors (Lipinski definition) is 6. The van der Waals surface area contributed by atoms with E-state index in [0.29, 0.717) is 5.56 Å². The van der Waals surface area contributed by atoms with Crippen LogP contribution in [0.4, 0.5) is 5.69 Å². The lowest BCUT2D eigenvalue weighted by atomic mass is 9.95. The quantitative estimate of drug-likeness (QED) is 0.306. The van der Waals surface area contributed by atoms with Gasteiger partial charge in [0, 0.05) is 39.9 Å². The Morgan fingerprint density at radius 3 is 2.76 bits per heavy atom. The van der Waals surface area contributed by atoms with Gasteiger partial charge in [0.25, 0.3) is 5.91 Å². The van der Waals surface area contributed by atoms with Crippen LogP contribution in [-0.2, 0) is 12.8 Å². The molecule has 0 unspecified atom stereocenters. The second kappa shape index (κ2) is 7.27. The second-order valence-electron chi connectivity index (χ2n) is 6.91. The van der Waals surface area contributed by atoms with Crippen LogP contribution in [0.5, 0.6) is 11.5 Å². The summed E-state index contributed by atoms with van der Waals surface area (Å²) in [5, 5.41) is 35.0. The highest BCUT2D eigenvalue weighted by Crippen LogP contribution is 2.32. The molecule has 4 N–H and O–H groups in total. The highest BCUT2D eigenvalue weighted by atomic mass is 16.6. The van der Waals surface area contributed by atoms with Gasteiger partial charge in [-0.25, -0.2) is 5.43 Å². The first kappa shape index (κ1) is 18.5. The van der Waals surface area contributed by atoms with Crippen molar-refractivity contribution in [2.24, 2.45) is 5.10 Å². The first-order valence-corrected chi connectivity index (χ1v) is 9.11. The molecule has 0 atom stereocenters. The molecule has 9 heteroatoms. The number of aromatic hydroxyl groups is 2. The molecule has 9 nitrogen and oxygen atoms in total. The Kier molecular flexibility index (Phi) is 4.63. The Morgan fingerprint density at radius 2 is 1.97 bits per heavy atom. The molecular formula is C20H18N4O5. The Bertz CT molecular complexity index is 1170. The van der Waals surface area contributed by atoms with Gasteiger partial charge in [0.2, 0.25) is 0 Å². The van der Waals surface area contributed by atoms with Crippen molar-refractivity contribution >= 4 is 28.7 Å². The van der Waals surface area contributed by atoms with Crippen molar-refractivity contribution in [3.05, 3.63) is 62.8 Å². The van der Waals surface area contributed by atoms with Crippen molar-refractivity contribution in [3.8, 4) is 11.5 Å². The number of fused-ring (bicyclic) bond motifs is 3. The van der Waals surface area contributed by atoms with E-state index in [9.17, 15) is 25.1 Å². The predicted molar refractivity (Wildman–Crippen MR) is 106 cm³/mol. The number of benzene rings is 2. The lowest BCUT2D eigenvalue weighted by molar-refractivity contribution is -0.385. The summed E-state index contributed by atoms with van der Waals surface area (Å²) in [6, 6.07) is 7.20. The number of aromatic nitrogens is 1. The van der Waals surface area contributed by atoms with Crippen LogP contribution >= 0.6 is 0 Å². The maximum Gasteiger partial charge on any atom is 0.311 e. The number of aryl methyl sites for hydroxylation is 2. The molecule has 1 aromatic heterocycles. The van der Waals surface area contributed by atoms with E-state index in [-0.39, 0.29) is 5.56 Å². The number of phenolic OH excluding ortho intramolecular Hbond substituents is 2. The van der Waals surface area contributed by atoms with Crippen LogP contribution in [0.1, 0.15) is 40.0 Å². The second-order valence-corrected chi connectivity index (χ2v) is 6.91. The van der Waals surface area contributed by atoms with Gasteiger partial charge < -0.3 is 15.2 Å². The molecule has 1 heterocycles. The molecule has 148 valence electrons. The van der Waals surface area contributed by atoms with Crippen molar-refractivity contribution in [2.75, 3.05) is 0 Å². The molecule has 1 aliphatic carbocycles. The van der Waals surface area contributed by atoms with Gasteiger partial charge >= 0.3 is 5.69 Å². The lowest BCUT2D eigenvalue weighted by Crippen LogP contribution is -2.17. The first-order chi connectivity index (χ1) is 13.9. The average Bonchev–Trinajstić information content (AvgIpc) is 3.07. The normalized spacial score (nSPS) is 13.5. The number of aromatic amines is 1. The topological polar surface area (TPSA) is 141 Å². The third-order valence-electron chi connectivity index (χ3n) is 5.05. The molecule has 0 saturated heterocycles. The van der Waals surface area contributed by atoms with E-state index in [2.05, 4.69) is 15.5 Å². The van der Waals surface area contributed by atoms with E-state index in [0.717, 1.165) is 54.9 Å². The highest BCUT2D eigenvalue weighted by molar-refractivity contribution is 5.99. The average molecular weight is 394 g/mol. The van der Waals surface area contributed by atoms with Crippen molar-refractivity contribution in [3.63, 3.8) is 0 Å². The van der Waals surface area contributed by atoms with Gasteiger partial charge in [-0.2, -0.15) is 5.10 Å². The summed E-state index contributed by atoms with van der Waals surface area (Å²) in [6.45, 7) is 0. The van der Waals surface area contributed by atoms with Gasteiger partial charge in [-0.1, -0.05) is 0 Å². The smallest absolute Gasteiger partial charge is 0.311 e. The lowest BCUT2D eigenvalue weighted by Gasteiger charge is -2.10. The molecule has 1 amide bonds. The van der Waals surface area contributed by atoms with Crippen LogP contribution in [0, 0.1) is 10.1 Å². The van der Waals surface area contributed by atoms with Crippen molar-refractivity contribution in [2.45, 2.75) is 25.7 Å². The Labute approximate surface area is 164 Å². The van der Waals surface area contributed by atoms with Crippen molar-refractivity contribution in [1.29, 1.82) is 0 Å².